The van der Waals surface area contributed by atoms with E-state index in [0.717, 1.165) is 50.0 Å². The third-order valence-corrected chi connectivity index (χ3v) is 3.23. The Bertz CT molecular complexity index is 600. The van der Waals surface area contributed by atoms with Crippen molar-refractivity contribution in [2.75, 3.05) is 26.8 Å². The smallest absolute Gasteiger partial charge is 0.191 e. The maximum Gasteiger partial charge on any atom is 0.191 e. The summed E-state index contributed by atoms with van der Waals surface area (Å²) in [5.74, 6) is 1.62. The third-order valence-electron chi connectivity index (χ3n) is 3.23. The molecule has 0 saturated heterocycles. The maximum atomic E-state index is 5.31. The molecule has 0 unspecified atom stereocenters. The van der Waals surface area contributed by atoms with Crippen LogP contribution in [0.5, 0.6) is 0 Å². The third kappa shape index (κ3) is 6.30. The van der Waals surface area contributed by atoms with E-state index in [4.69, 9.17) is 4.74 Å². The van der Waals surface area contributed by atoms with Gasteiger partial charge < -0.3 is 15.4 Å². The molecule has 2 heterocycles. The lowest BCUT2D eigenvalue weighted by Crippen LogP contribution is -2.37. The number of nitrogens with zero attached hydrogens (tertiary/aromatic N) is 4. The Balaban J connectivity index is 0.00000264. The van der Waals surface area contributed by atoms with Crippen molar-refractivity contribution >= 4 is 35.6 Å². The van der Waals surface area contributed by atoms with Gasteiger partial charge in [0.15, 0.2) is 17.4 Å². The second-order valence-electron chi connectivity index (χ2n) is 4.80. The minimum Gasteiger partial charge on any atom is -0.382 e. The van der Waals surface area contributed by atoms with Crippen LogP contribution in [0.4, 0.5) is 0 Å². The molecule has 7 nitrogen and oxygen atoms in total. The van der Waals surface area contributed by atoms with Gasteiger partial charge in [-0.1, -0.05) is 6.07 Å². The van der Waals surface area contributed by atoms with Crippen LogP contribution < -0.4 is 10.6 Å². The summed E-state index contributed by atoms with van der Waals surface area (Å²) < 4.78 is 7.27. The number of aromatic nitrogens is 3. The molecule has 0 atom stereocenters. The van der Waals surface area contributed by atoms with Gasteiger partial charge in [-0.3, -0.25) is 9.39 Å². The summed E-state index contributed by atoms with van der Waals surface area (Å²) in [5, 5.41) is 14.8. The first kappa shape index (κ1) is 19.6. The second-order valence-corrected chi connectivity index (χ2v) is 4.80. The minimum atomic E-state index is 0. The molecule has 0 aliphatic carbocycles. The number of guanidine groups is 1. The fraction of sp³-hybridized carbons (Fsp3) is 0.533. The highest BCUT2D eigenvalue weighted by Gasteiger charge is 2.05. The molecule has 0 radical (unpaired) electrons. The van der Waals surface area contributed by atoms with Crippen molar-refractivity contribution in [2.45, 2.75) is 26.3 Å². The second kappa shape index (κ2) is 11.2. The summed E-state index contributed by atoms with van der Waals surface area (Å²) in [6.45, 7) is 5.05. The fourth-order valence-corrected chi connectivity index (χ4v) is 2.08. The van der Waals surface area contributed by atoms with Gasteiger partial charge in [0.2, 0.25) is 0 Å². The highest BCUT2D eigenvalue weighted by Crippen LogP contribution is 2.02. The van der Waals surface area contributed by atoms with E-state index in [2.05, 4.69) is 25.8 Å². The Labute approximate surface area is 153 Å². The molecule has 0 fully saturated rings. The van der Waals surface area contributed by atoms with Crippen LogP contribution in [0.1, 0.15) is 25.6 Å². The average Bonchev–Trinajstić information content (AvgIpc) is 2.97. The largest absolute Gasteiger partial charge is 0.382 e. The molecule has 0 spiro atoms. The van der Waals surface area contributed by atoms with E-state index in [9.17, 15) is 0 Å². The summed E-state index contributed by atoms with van der Waals surface area (Å²) in [4.78, 5) is 4.21. The normalized spacial score (nSPS) is 11.3. The van der Waals surface area contributed by atoms with Crippen molar-refractivity contribution in [3.05, 3.63) is 30.2 Å². The Morgan fingerprint density at radius 3 is 2.91 bits per heavy atom. The number of fused-ring (bicyclic) bond motifs is 1. The molecule has 0 aliphatic heterocycles. The van der Waals surface area contributed by atoms with E-state index >= 15 is 0 Å². The van der Waals surface area contributed by atoms with Gasteiger partial charge in [-0.15, -0.1) is 34.2 Å². The van der Waals surface area contributed by atoms with E-state index in [-0.39, 0.29) is 24.0 Å². The van der Waals surface area contributed by atoms with E-state index in [1.165, 1.54) is 0 Å². The Morgan fingerprint density at radius 1 is 1.26 bits per heavy atom. The molecule has 2 N–H and O–H groups in total. The first-order chi connectivity index (χ1) is 10.8. The molecule has 23 heavy (non-hydrogen) atoms. The number of halogens is 1. The number of nitrogens with one attached hydrogen (secondary N) is 2. The average molecular weight is 432 g/mol. The van der Waals surface area contributed by atoms with Gasteiger partial charge in [0.25, 0.3) is 0 Å². The number of hydrogen-bond acceptors (Lipinski definition) is 4. The topological polar surface area (TPSA) is 75.8 Å². The van der Waals surface area contributed by atoms with Gasteiger partial charge in [0.05, 0.1) is 6.54 Å². The van der Waals surface area contributed by atoms with E-state index in [1.54, 1.807) is 7.05 Å². The molecule has 0 amide bonds. The summed E-state index contributed by atoms with van der Waals surface area (Å²) >= 11 is 0. The first-order valence-corrected chi connectivity index (χ1v) is 7.66. The Hall–Kier alpha value is -1.42. The molecule has 2 rings (SSSR count). The first-order valence-electron chi connectivity index (χ1n) is 7.66. The number of ether oxygens (including phenoxy) is 1. The van der Waals surface area contributed by atoms with Crippen LogP contribution in [0.15, 0.2) is 29.4 Å². The van der Waals surface area contributed by atoms with Crippen LogP contribution in [-0.4, -0.2) is 47.4 Å². The van der Waals surface area contributed by atoms with Crippen molar-refractivity contribution in [1.29, 1.82) is 0 Å². The molecule has 0 saturated carbocycles. The lowest BCUT2D eigenvalue weighted by atomic mass is 10.3. The summed E-state index contributed by atoms with van der Waals surface area (Å²) in [6.07, 6.45) is 4.05. The zero-order valence-electron chi connectivity index (χ0n) is 13.7. The predicted molar refractivity (Wildman–Crippen MR) is 102 cm³/mol. The van der Waals surface area contributed by atoms with E-state index in [1.807, 2.05) is 35.7 Å². The van der Waals surface area contributed by atoms with Crippen molar-refractivity contribution < 1.29 is 4.74 Å². The zero-order chi connectivity index (χ0) is 15.6. The van der Waals surface area contributed by atoms with E-state index in [0.29, 0.717) is 6.54 Å². The predicted octanol–water partition coefficient (Wildman–Crippen LogP) is 1.83. The van der Waals surface area contributed by atoms with Crippen molar-refractivity contribution in [3.63, 3.8) is 0 Å². The van der Waals surface area contributed by atoms with Crippen LogP contribution >= 0.6 is 24.0 Å². The Morgan fingerprint density at radius 2 is 2.13 bits per heavy atom. The molecule has 2 aromatic rings. The van der Waals surface area contributed by atoms with Gasteiger partial charge in [-0.05, 0) is 31.9 Å². The number of unbranched alkanes of at least 4 members (excludes halogenated alkanes) is 1. The van der Waals surface area contributed by atoms with Gasteiger partial charge in [-0.25, -0.2) is 0 Å². The van der Waals surface area contributed by atoms with Crippen LogP contribution in [0, 0.1) is 0 Å². The quantitative estimate of drug-likeness (QED) is 0.288. The molecular formula is C15H25IN6O. The highest BCUT2D eigenvalue weighted by molar-refractivity contribution is 14.0. The molecule has 0 bridgehead atoms. The standard InChI is InChI=1S/C15H24N6O.HI/c1-3-22-11-7-5-9-17-15(16-2)18-12-14-20-19-13-8-4-6-10-21(13)14;/h4,6,8,10H,3,5,7,9,11-12H2,1-2H3,(H2,16,17,18);1H. The van der Waals surface area contributed by atoms with Crippen molar-refractivity contribution in [3.8, 4) is 0 Å². The van der Waals surface area contributed by atoms with E-state index < -0.39 is 0 Å². The van der Waals surface area contributed by atoms with Crippen molar-refractivity contribution in [1.82, 2.24) is 25.2 Å². The van der Waals surface area contributed by atoms with Crippen molar-refractivity contribution in [2.24, 2.45) is 4.99 Å². The molecule has 0 aliphatic rings. The van der Waals surface area contributed by atoms with Crippen LogP contribution in [0.25, 0.3) is 5.65 Å². The number of hydrogen-bond donors (Lipinski definition) is 2. The number of aliphatic imine (C=N–C) groups is 1. The van der Waals surface area contributed by atoms with Gasteiger partial charge in [0.1, 0.15) is 0 Å². The molecule has 128 valence electrons. The zero-order valence-corrected chi connectivity index (χ0v) is 16.0. The summed E-state index contributed by atoms with van der Waals surface area (Å²) in [7, 11) is 1.76. The summed E-state index contributed by atoms with van der Waals surface area (Å²) in [6, 6.07) is 5.84. The number of pyridine rings is 1. The van der Waals surface area contributed by atoms with Gasteiger partial charge in [0, 0.05) is 33.0 Å². The van der Waals surface area contributed by atoms with Gasteiger partial charge >= 0.3 is 0 Å². The number of rotatable bonds is 8. The minimum absolute atomic E-state index is 0. The monoisotopic (exact) mass is 432 g/mol. The summed E-state index contributed by atoms with van der Waals surface area (Å²) in [5.41, 5.74) is 0.846. The fourth-order valence-electron chi connectivity index (χ4n) is 2.08. The van der Waals surface area contributed by atoms with Crippen LogP contribution in [-0.2, 0) is 11.3 Å². The molecule has 2 aromatic heterocycles. The maximum absolute atomic E-state index is 5.31. The Kier molecular flexibility index (Phi) is 9.53. The SMILES string of the molecule is CCOCCCCNC(=NC)NCc1nnc2ccccn12.I. The lowest BCUT2D eigenvalue weighted by Gasteiger charge is -2.11. The molecule has 0 aromatic carbocycles. The lowest BCUT2D eigenvalue weighted by molar-refractivity contribution is 0.143. The van der Waals surface area contributed by atoms with Crippen LogP contribution in [0.3, 0.4) is 0 Å². The van der Waals surface area contributed by atoms with Gasteiger partial charge in [-0.2, -0.15) is 0 Å². The highest BCUT2D eigenvalue weighted by atomic mass is 127. The molecule has 8 heteroatoms. The van der Waals surface area contributed by atoms with Crippen LogP contribution in [0.2, 0.25) is 0 Å². The molecular weight excluding hydrogens is 407 g/mol.